The van der Waals surface area contributed by atoms with Crippen LogP contribution in [0.15, 0.2) is 66.6 Å². The second-order valence-corrected chi connectivity index (χ2v) is 6.75. The van der Waals surface area contributed by atoms with Gasteiger partial charge in [0, 0.05) is 6.54 Å². The molecule has 136 valence electrons. The van der Waals surface area contributed by atoms with E-state index in [4.69, 9.17) is 0 Å². The predicted octanol–water partition coefficient (Wildman–Crippen LogP) is 4.29. The summed E-state index contributed by atoms with van der Waals surface area (Å²) in [4.78, 5) is 30.6. The van der Waals surface area contributed by atoms with Gasteiger partial charge in [0.15, 0.2) is 0 Å². The van der Waals surface area contributed by atoms with Crippen LogP contribution >= 0.6 is 11.3 Å². The number of nitrogens with zero attached hydrogens (tertiary/aromatic N) is 1. The standard InChI is InChI=1S/C21H19N3O2S/c1-3-12-22-20(25)16-7-4-5-8-17(16)24-21(26)15-10-11-18(23-14(15)2)19-9-6-13-27-19/h3-11,13H,1,12H2,2H3,(H,22,25)(H,24,26). The van der Waals surface area contributed by atoms with Crippen molar-refractivity contribution in [1.29, 1.82) is 0 Å². The Morgan fingerprint density at radius 1 is 1.07 bits per heavy atom. The second-order valence-electron chi connectivity index (χ2n) is 5.81. The molecule has 0 saturated heterocycles. The number of amides is 2. The highest BCUT2D eigenvalue weighted by Gasteiger charge is 2.16. The molecule has 27 heavy (non-hydrogen) atoms. The molecule has 0 saturated carbocycles. The number of thiophene rings is 1. The van der Waals surface area contributed by atoms with Crippen LogP contribution in [0.3, 0.4) is 0 Å². The van der Waals surface area contributed by atoms with Crippen LogP contribution in [0.25, 0.3) is 10.6 Å². The maximum Gasteiger partial charge on any atom is 0.257 e. The largest absolute Gasteiger partial charge is 0.349 e. The first-order valence-corrected chi connectivity index (χ1v) is 9.29. The zero-order valence-corrected chi connectivity index (χ0v) is 15.7. The third kappa shape index (κ3) is 4.30. The number of anilines is 1. The molecule has 0 aliphatic heterocycles. The Labute approximate surface area is 161 Å². The van der Waals surface area contributed by atoms with Gasteiger partial charge in [-0.15, -0.1) is 17.9 Å². The first-order valence-electron chi connectivity index (χ1n) is 8.41. The summed E-state index contributed by atoms with van der Waals surface area (Å²) < 4.78 is 0. The molecular formula is C21H19N3O2S. The lowest BCUT2D eigenvalue weighted by molar-refractivity contribution is 0.0959. The van der Waals surface area contributed by atoms with Crippen molar-refractivity contribution in [3.63, 3.8) is 0 Å². The zero-order valence-electron chi connectivity index (χ0n) is 14.9. The van der Waals surface area contributed by atoms with Gasteiger partial charge in [-0.1, -0.05) is 24.3 Å². The van der Waals surface area contributed by atoms with Gasteiger partial charge in [0.25, 0.3) is 11.8 Å². The summed E-state index contributed by atoms with van der Waals surface area (Å²) in [6.07, 6.45) is 1.60. The Morgan fingerprint density at radius 3 is 2.59 bits per heavy atom. The number of benzene rings is 1. The fourth-order valence-corrected chi connectivity index (χ4v) is 3.30. The molecule has 0 aliphatic rings. The molecular weight excluding hydrogens is 358 g/mol. The predicted molar refractivity (Wildman–Crippen MR) is 109 cm³/mol. The lowest BCUT2D eigenvalue weighted by Gasteiger charge is -2.12. The smallest absolute Gasteiger partial charge is 0.257 e. The molecule has 2 aromatic heterocycles. The molecule has 3 rings (SSSR count). The van der Waals surface area contributed by atoms with E-state index in [9.17, 15) is 9.59 Å². The Balaban J connectivity index is 1.82. The Hall–Kier alpha value is -3.25. The topological polar surface area (TPSA) is 71.1 Å². The van der Waals surface area contributed by atoms with E-state index in [1.165, 1.54) is 0 Å². The highest BCUT2D eigenvalue weighted by molar-refractivity contribution is 7.13. The van der Waals surface area contributed by atoms with Gasteiger partial charge in [-0.05, 0) is 42.6 Å². The lowest BCUT2D eigenvalue weighted by atomic mass is 10.1. The lowest BCUT2D eigenvalue weighted by Crippen LogP contribution is -2.25. The number of rotatable bonds is 6. The summed E-state index contributed by atoms with van der Waals surface area (Å²) in [5, 5.41) is 7.52. The molecule has 2 N–H and O–H groups in total. The molecule has 3 aromatic rings. The molecule has 0 spiro atoms. The molecule has 0 radical (unpaired) electrons. The summed E-state index contributed by atoms with van der Waals surface area (Å²) in [6.45, 7) is 5.74. The van der Waals surface area contributed by atoms with Crippen molar-refractivity contribution in [2.75, 3.05) is 11.9 Å². The van der Waals surface area contributed by atoms with Gasteiger partial charge >= 0.3 is 0 Å². The third-order valence-corrected chi connectivity index (χ3v) is 4.82. The number of para-hydroxylation sites is 1. The number of hydrogen-bond acceptors (Lipinski definition) is 4. The van der Waals surface area contributed by atoms with Gasteiger partial charge in [-0.2, -0.15) is 0 Å². The van der Waals surface area contributed by atoms with E-state index in [0.29, 0.717) is 29.1 Å². The SMILES string of the molecule is C=CCNC(=O)c1ccccc1NC(=O)c1ccc(-c2cccs2)nc1C. The van der Waals surface area contributed by atoms with Crippen molar-refractivity contribution >= 4 is 28.8 Å². The highest BCUT2D eigenvalue weighted by atomic mass is 32.1. The van der Waals surface area contributed by atoms with Crippen molar-refractivity contribution in [1.82, 2.24) is 10.3 Å². The van der Waals surface area contributed by atoms with Crippen molar-refractivity contribution in [3.05, 3.63) is 83.4 Å². The van der Waals surface area contributed by atoms with Crippen molar-refractivity contribution in [2.45, 2.75) is 6.92 Å². The quantitative estimate of drug-likeness (QED) is 0.630. The minimum atomic E-state index is -0.304. The van der Waals surface area contributed by atoms with Crippen LogP contribution in [0.2, 0.25) is 0 Å². The van der Waals surface area contributed by atoms with Gasteiger partial charge in [0.05, 0.1) is 33.1 Å². The molecule has 0 unspecified atom stereocenters. The van der Waals surface area contributed by atoms with E-state index in [2.05, 4.69) is 22.2 Å². The van der Waals surface area contributed by atoms with Gasteiger partial charge in [-0.3, -0.25) is 14.6 Å². The monoisotopic (exact) mass is 377 g/mol. The number of hydrogen-bond donors (Lipinski definition) is 2. The van der Waals surface area contributed by atoms with E-state index < -0.39 is 0 Å². The van der Waals surface area contributed by atoms with Crippen LogP contribution in [-0.2, 0) is 0 Å². The molecule has 0 bridgehead atoms. The van der Waals surface area contributed by atoms with Gasteiger partial charge in [-0.25, -0.2) is 0 Å². The molecule has 0 aliphatic carbocycles. The third-order valence-electron chi connectivity index (χ3n) is 3.93. The van der Waals surface area contributed by atoms with Crippen LogP contribution in [0, 0.1) is 6.92 Å². The number of pyridine rings is 1. The number of carbonyl (C=O) groups excluding carboxylic acids is 2. The molecule has 0 fully saturated rings. The Kier molecular flexibility index (Phi) is 5.78. The summed E-state index contributed by atoms with van der Waals surface area (Å²) in [5.74, 6) is -0.574. The van der Waals surface area contributed by atoms with Crippen LogP contribution in [-0.4, -0.2) is 23.3 Å². The first kappa shape index (κ1) is 18.5. The van der Waals surface area contributed by atoms with E-state index in [0.717, 1.165) is 10.6 Å². The molecule has 1 aromatic carbocycles. The normalized spacial score (nSPS) is 10.3. The maximum atomic E-state index is 12.7. The molecule has 5 nitrogen and oxygen atoms in total. The highest BCUT2D eigenvalue weighted by Crippen LogP contribution is 2.24. The van der Waals surface area contributed by atoms with Gasteiger partial charge < -0.3 is 10.6 Å². The summed E-state index contributed by atoms with van der Waals surface area (Å²) in [6, 6.07) is 14.4. The molecule has 2 heterocycles. The van der Waals surface area contributed by atoms with Crippen LogP contribution in [0.1, 0.15) is 26.4 Å². The fraction of sp³-hybridized carbons (Fsp3) is 0.0952. The number of aryl methyl sites for hydroxylation is 1. The maximum absolute atomic E-state index is 12.7. The van der Waals surface area contributed by atoms with Gasteiger partial charge in [0.2, 0.25) is 0 Å². The van der Waals surface area contributed by atoms with Crippen molar-refractivity contribution in [2.24, 2.45) is 0 Å². The summed E-state index contributed by atoms with van der Waals surface area (Å²) in [5.41, 5.74) is 2.78. The van der Waals surface area contributed by atoms with Gasteiger partial charge in [0.1, 0.15) is 0 Å². The number of aromatic nitrogens is 1. The molecule has 0 atom stereocenters. The second kappa shape index (κ2) is 8.42. The van der Waals surface area contributed by atoms with E-state index in [-0.39, 0.29) is 11.8 Å². The first-order chi connectivity index (χ1) is 13.1. The number of carbonyl (C=O) groups is 2. The summed E-state index contributed by atoms with van der Waals surface area (Å²) in [7, 11) is 0. The van der Waals surface area contributed by atoms with Crippen LogP contribution in [0.4, 0.5) is 5.69 Å². The van der Waals surface area contributed by atoms with Crippen molar-refractivity contribution in [3.8, 4) is 10.6 Å². The minimum Gasteiger partial charge on any atom is -0.349 e. The Morgan fingerprint density at radius 2 is 1.89 bits per heavy atom. The zero-order chi connectivity index (χ0) is 19.2. The molecule has 2 amide bonds. The van der Waals surface area contributed by atoms with Crippen LogP contribution < -0.4 is 10.6 Å². The Bertz CT molecular complexity index is 981. The fourth-order valence-electron chi connectivity index (χ4n) is 2.60. The minimum absolute atomic E-state index is 0.270. The molecule has 6 heteroatoms. The average molecular weight is 377 g/mol. The van der Waals surface area contributed by atoms with Crippen molar-refractivity contribution < 1.29 is 9.59 Å². The summed E-state index contributed by atoms with van der Waals surface area (Å²) >= 11 is 1.60. The number of nitrogens with one attached hydrogen (secondary N) is 2. The van der Waals surface area contributed by atoms with E-state index >= 15 is 0 Å². The van der Waals surface area contributed by atoms with E-state index in [1.54, 1.807) is 54.7 Å². The average Bonchev–Trinajstić information content (AvgIpc) is 3.21. The van der Waals surface area contributed by atoms with Crippen LogP contribution in [0.5, 0.6) is 0 Å². The van der Waals surface area contributed by atoms with E-state index in [1.807, 2.05) is 23.6 Å².